The second-order valence-corrected chi connectivity index (χ2v) is 12.3. The molecule has 0 saturated heterocycles. The fraction of sp³-hybridized carbons (Fsp3) is 0.926. The lowest BCUT2D eigenvalue weighted by Crippen LogP contribution is -2.79. The summed E-state index contributed by atoms with van der Waals surface area (Å²) in [4.78, 5) is 0. The Bertz CT molecular complexity index is 676. The van der Waals surface area contributed by atoms with E-state index >= 15 is 0 Å². The van der Waals surface area contributed by atoms with E-state index in [1.54, 1.807) is 0 Å². The summed E-state index contributed by atoms with van der Waals surface area (Å²) in [5.41, 5.74) is 16.1. The normalized spacial score (nSPS) is 49.0. The van der Waals surface area contributed by atoms with Crippen molar-refractivity contribution >= 4 is 0 Å². The highest BCUT2D eigenvalue weighted by molar-refractivity contribution is 5.35. The molecule has 4 aliphatic rings. The van der Waals surface area contributed by atoms with E-state index in [1.165, 1.54) is 56.9 Å². The molecule has 3 fully saturated rings. The van der Waals surface area contributed by atoms with Gasteiger partial charge in [-0.05, 0) is 86.4 Å². The van der Waals surface area contributed by atoms with Crippen LogP contribution in [-0.2, 0) is 0 Å². The van der Waals surface area contributed by atoms with Crippen LogP contribution in [0.5, 0.6) is 0 Å². The minimum absolute atomic E-state index is 0.133. The average Bonchev–Trinajstić information content (AvgIpc) is 2.95. The van der Waals surface area contributed by atoms with Crippen LogP contribution in [0.3, 0.4) is 0 Å². The summed E-state index contributed by atoms with van der Waals surface area (Å²) in [7, 11) is 0. The van der Waals surface area contributed by atoms with Crippen LogP contribution in [0.15, 0.2) is 11.6 Å². The van der Waals surface area contributed by atoms with E-state index in [-0.39, 0.29) is 28.0 Å². The lowest BCUT2D eigenvalue weighted by Gasteiger charge is -2.67. The van der Waals surface area contributed by atoms with Crippen LogP contribution in [0.2, 0.25) is 0 Å². The largest absolute Gasteiger partial charge is 0.393 e. The Hall–Kier alpha value is -0.380. The molecule has 3 saturated carbocycles. The van der Waals surface area contributed by atoms with E-state index < -0.39 is 0 Å². The third-order valence-electron chi connectivity index (χ3n) is 10.9. The van der Waals surface area contributed by atoms with Crippen molar-refractivity contribution in [1.29, 1.82) is 0 Å². The molecule has 8 atom stereocenters. The number of aliphatic hydroxyl groups excluding tert-OH is 1. The number of aliphatic hydroxyl groups is 1. The maximum Gasteiger partial charge on any atom is 0.0577 e. The van der Waals surface area contributed by atoms with Crippen molar-refractivity contribution in [3.63, 3.8) is 0 Å². The molecular weight excluding hydrogens is 368 g/mol. The minimum atomic E-state index is -0.301. The number of nitrogens with two attached hydrogens (primary N) is 2. The topological polar surface area (TPSA) is 72.3 Å². The van der Waals surface area contributed by atoms with Gasteiger partial charge in [0, 0.05) is 11.1 Å². The predicted octanol–water partition coefficient (Wildman–Crippen LogP) is 5.70. The summed E-state index contributed by atoms with van der Waals surface area (Å²) in [6.45, 7) is 9.65. The van der Waals surface area contributed by atoms with Crippen LogP contribution < -0.4 is 11.5 Å². The lowest BCUT2D eigenvalue weighted by atomic mass is 9.42. The van der Waals surface area contributed by atoms with Crippen molar-refractivity contribution in [2.45, 2.75) is 128 Å². The number of rotatable bonds is 6. The lowest BCUT2D eigenvalue weighted by molar-refractivity contribution is -0.0846. The number of hydrogen-bond donors (Lipinski definition) is 3. The molecule has 0 aromatic carbocycles. The van der Waals surface area contributed by atoms with E-state index in [2.05, 4.69) is 33.8 Å². The van der Waals surface area contributed by atoms with Gasteiger partial charge in [-0.2, -0.15) is 0 Å². The van der Waals surface area contributed by atoms with E-state index in [4.69, 9.17) is 11.5 Å². The summed E-state index contributed by atoms with van der Waals surface area (Å²) in [6.07, 6.45) is 17.4. The molecule has 0 amide bonds. The summed E-state index contributed by atoms with van der Waals surface area (Å²) < 4.78 is 0. The molecule has 0 bridgehead atoms. The summed E-state index contributed by atoms with van der Waals surface area (Å²) in [6, 6.07) is 0. The molecule has 7 unspecified atom stereocenters. The molecule has 30 heavy (non-hydrogen) atoms. The van der Waals surface area contributed by atoms with Gasteiger partial charge in [0.15, 0.2) is 0 Å². The molecule has 0 aliphatic heterocycles. The highest BCUT2D eigenvalue weighted by Gasteiger charge is 2.70. The van der Waals surface area contributed by atoms with Crippen molar-refractivity contribution in [1.82, 2.24) is 0 Å². The van der Waals surface area contributed by atoms with Crippen molar-refractivity contribution in [3.8, 4) is 0 Å². The van der Waals surface area contributed by atoms with Crippen LogP contribution in [0.4, 0.5) is 0 Å². The van der Waals surface area contributed by atoms with Gasteiger partial charge in [-0.3, -0.25) is 0 Å². The third kappa shape index (κ3) is 3.17. The Morgan fingerprint density at radius 2 is 1.87 bits per heavy atom. The zero-order valence-corrected chi connectivity index (χ0v) is 20.2. The van der Waals surface area contributed by atoms with Gasteiger partial charge in [0.1, 0.15) is 0 Å². The summed E-state index contributed by atoms with van der Waals surface area (Å²) in [5.74, 6) is 2.04. The zero-order valence-electron chi connectivity index (χ0n) is 20.2. The molecule has 5 N–H and O–H groups in total. The highest BCUT2D eigenvalue weighted by Crippen LogP contribution is 2.68. The fourth-order valence-corrected chi connectivity index (χ4v) is 8.82. The minimum Gasteiger partial charge on any atom is -0.393 e. The molecule has 4 rings (SSSR count). The van der Waals surface area contributed by atoms with Gasteiger partial charge in [-0.15, -0.1) is 0 Å². The maximum absolute atomic E-state index is 10.3. The Morgan fingerprint density at radius 1 is 1.10 bits per heavy atom. The van der Waals surface area contributed by atoms with E-state index in [0.717, 1.165) is 43.9 Å². The van der Waals surface area contributed by atoms with Gasteiger partial charge < -0.3 is 16.6 Å². The molecule has 0 aromatic rings. The molecule has 0 spiro atoms. The first-order chi connectivity index (χ1) is 14.1. The van der Waals surface area contributed by atoms with Gasteiger partial charge >= 0.3 is 0 Å². The van der Waals surface area contributed by atoms with Crippen LogP contribution >= 0.6 is 0 Å². The molecule has 0 radical (unpaired) electrons. The highest BCUT2D eigenvalue weighted by atomic mass is 16.3. The van der Waals surface area contributed by atoms with Gasteiger partial charge in [-0.1, -0.05) is 65.0 Å². The Morgan fingerprint density at radius 3 is 2.60 bits per heavy atom. The van der Waals surface area contributed by atoms with Crippen molar-refractivity contribution in [3.05, 3.63) is 11.6 Å². The molecular formula is C27H48N2O. The summed E-state index contributed by atoms with van der Waals surface area (Å²) in [5, 5.41) is 10.3. The quantitative estimate of drug-likeness (QED) is 0.487. The first kappa shape index (κ1) is 22.8. The Labute approximate surface area is 185 Å². The van der Waals surface area contributed by atoms with E-state index in [9.17, 15) is 5.11 Å². The van der Waals surface area contributed by atoms with Crippen molar-refractivity contribution in [2.75, 3.05) is 0 Å². The van der Waals surface area contributed by atoms with Gasteiger partial charge in [-0.25, -0.2) is 0 Å². The zero-order chi connectivity index (χ0) is 21.8. The van der Waals surface area contributed by atoms with Crippen molar-refractivity contribution in [2.24, 2.45) is 40.1 Å². The summed E-state index contributed by atoms with van der Waals surface area (Å²) >= 11 is 0. The monoisotopic (exact) mass is 416 g/mol. The second kappa shape index (κ2) is 7.89. The van der Waals surface area contributed by atoms with Crippen LogP contribution in [-0.4, -0.2) is 22.3 Å². The average molecular weight is 417 g/mol. The Balaban J connectivity index is 1.55. The molecule has 3 nitrogen and oxygen atoms in total. The first-order valence-corrected chi connectivity index (χ1v) is 13.1. The maximum atomic E-state index is 10.3. The molecule has 0 aromatic heterocycles. The first-order valence-electron chi connectivity index (χ1n) is 13.1. The van der Waals surface area contributed by atoms with Crippen LogP contribution in [0, 0.1) is 28.6 Å². The smallest absolute Gasteiger partial charge is 0.0577 e. The number of fused-ring (bicyclic) bond motifs is 5. The third-order valence-corrected chi connectivity index (χ3v) is 10.9. The van der Waals surface area contributed by atoms with Crippen LogP contribution in [0.25, 0.3) is 0 Å². The van der Waals surface area contributed by atoms with Crippen LogP contribution in [0.1, 0.15) is 111 Å². The molecule has 3 heteroatoms. The van der Waals surface area contributed by atoms with E-state index in [1.807, 2.05) is 0 Å². The van der Waals surface area contributed by atoms with Crippen molar-refractivity contribution < 1.29 is 5.11 Å². The van der Waals surface area contributed by atoms with Gasteiger partial charge in [0.2, 0.25) is 0 Å². The molecule has 4 aliphatic carbocycles. The number of hydrogen-bond acceptors (Lipinski definition) is 3. The fourth-order valence-electron chi connectivity index (χ4n) is 8.82. The standard InChI is InChI=1S/C27H48N2O/c1-5-7-19(2)8-6-9-20-11-17-27(29)25(20,4)15-13-23-24(3)14-12-22(30)18-21(24)10-16-26(23,27)28/h10,19-20,22-23,30H,5-9,11-18,28-29H2,1-4H3/t19?,20?,22?,23?,24?,25?,26?,27-/m0/s1. The van der Waals surface area contributed by atoms with E-state index in [0.29, 0.717) is 5.92 Å². The van der Waals surface area contributed by atoms with Gasteiger partial charge in [0.25, 0.3) is 0 Å². The predicted molar refractivity (Wildman–Crippen MR) is 126 cm³/mol. The molecule has 172 valence electrons. The van der Waals surface area contributed by atoms with Gasteiger partial charge in [0.05, 0.1) is 6.10 Å². The molecule has 0 heterocycles. The SMILES string of the molecule is CCCC(C)CCCC1CC[C@]2(N)C1(C)CCC1C3(C)CCC(O)CC3=CCC12N. The Kier molecular flexibility index (Phi) is 5.99. The second-order valence-electron chi connectivity index (χ2n) is 12.3.